The zero-order chi connectivity index (χ0) is 21.1. The molecule has 6 aromatic rings. The molecule has 0 spiro atoms. The topological polar surface area (TPSA) is 28.3 Å². The number of rotatable bonds is 2. The van der Waals surface area contributed by atoms with E-state index in [1.54, 1.807) is 0 Å². The Labute approximate surface area is 185 Å². The quantitative estimate of drug-likeness (QED) is 0.275. The number of benzene rings is 4. The summed E-state index contributed by atoms with van der Waals surface area (Å²) in [6.07, 6.45) is 1.41. The number of para-hydroxylation sites is 4. The highest BCUT2D eigenvalue weighted by atomic mass is 17.2. The van der Waals surface area contributed by atoms with Gasteiger partial charge in [-0.3, -0.25) is 0 Å². The van der Waals surface area contributed by atoms with Crippen LogP contribution in [0.1, 0.15) is 25.3 Å². The Bertz CT molecular complexity index is 1370. The zero-order valence-electron chi connectivity index (χ0n) is 17.5. The van der Waals surface area contributed by atoms with Crippen LogP contribution in [-0.4, -0.2) is 9.13 Å². The molecule has 32 heavy (non-hydrogen) atoms. The maximum atomic E-state index is 6.11. The molecule has 0 saturated carbocycles. The van der Waals surface area contributed by atoms with Gasteiger partial charge in [0.25, 0.3) is 0 Å². The lowest BCUT2D eigenvalue weighted by Crippen LogP contribution is -2.25. The summed E-state index contributed by atoms with van der Waals surface area (Å²) in [5.41, 5.74) is 4.71. The molecule has 1 saturated heterocycles. The Morgan fingerprint density at radius 2 is 0.719 bits per heavy atom. The van der Waals surface area contributed by atoms with Crippen molar-refractivity contribution < 1.29 is 9.78 Å². The van der Waals surface area contributed by atoms with E-state index in [0.717, 1.165) is 12.8 Å². The van der Waals surface area contributed by atoms with Gasteiger partial charge < -0.3 is 9.13 Å². The Balaban J connectivity index is 1.29. The SMILES string of the molecule is c1ccc2c(c1)c1ccccc1n2C1CCC(n2c3ccccc3c3ccccc32)OO1. The maximum absolute atomic E-state index is 6.11. The van der Waals surface area contributed by atoms with E-state index < -0.39 is 0 Å². The highest BCUT2D eigenvalue weighted by Crippen LogP contribution is 2.40. The van der Waals surface area contributed by atoms with Crippen molar-refractivity contribution in [1.82, 2.24) is 9.13 Å². The van der Waals surface area contributed by atoms with E-state index in [2.05, 4.69) is 106 Å². The molecule has 0 bridgehead atoms. The number of fused-ring (bicyclic) bond motifs is 6. The van der Waals surface area contributed by atoms with Crippen molar-refractivity contribution in [2.24, 2.45) is 0 Å². The third kappa shape index (κ3) is 2.51. The van der Waals surface area contributed by atoms with Gasteiger partial charge in [0, 0.05) is 34.4 Å². The largest absolute Gasteiger partial charge is 0.311 e. The Kier molecular flexibility index (Phi) is 3.92. The van der Waals surface area contributed by atoms with Crippen molar-refractivity contribution in [3.05, 3.63) is 97.1 Å². The molecule has 4 heteroatoms. The Morgan fingerprint density at radius 3 is 1.00 bits per heavy atom. The summed E-state index contributed by atoms with van der Waals surface area (Å²) in [6, 6.07) is 34.1. The van der Waals surface area contributed by atoms with E-state index in [0.29, 0.717) is 0 Å². The minimum Gasteiger partial charge on any atom is -0.311 e. The van der Waals surface area contributed by atoms with Crippen LogP contribution in [0.3, 0.4) is 0 Å². The number of hydrogen-bond donors (Lipinski definition) is 0. The average molecular weight is 418 g/mol. The van der Waals surface area contributed by atoms with Crippen molar-refractivity contribution in [1.29, 1.82) is 0 Å². The minimum atomic E-state index is -0.163. The van der Waals surface area contributed by atoms with Gasteiger partial charge >= 0.3 is 0 Å². The fourth-order valence-corrected chi connectivity index (χ4v) is 5.38. The Morgan fingerprint density at radius 1 is 0.438 bits per heavy atom. The summed E-state index contributed by atoms with van der Waals surface area (Å²) in [4.78, 5) is 12.2. The molecule has 0 amide bonds. The first-order valence-corrected chi connectivity index (χ1v) is 11.2. The smallest absolute Gasteiger partial charge is 0.169 e. The van der Waals surface area contributed by atoms with Gasteiger partial charge in [-0.25, -0.2) is 9.78 Å². The number of hydrogen-bond acceptors (Lipinski definition) is 2. The van der Waals surface area contributed by atoms with Gasteiger partial charge in [0.1, 0.15) is 0 Å². The van der Waals surface area contributed by atoms with Crippen LogP contribution in [0.25, 0.3) is 43.6 Å². The van der Waals surface area contributed by atoms with E-state index in [9.17, 15) is 0 Å². The summed E-state index contributed by atoms with van der Waals surface area (Å²) < 4.78 is 4.57. The first-order valence-electron chi connectivity index (χ1n) is 11.2. The molecule has 2 aromatic heterocycles. The predicted octanol–water partition coefficient (Wildman–Crippen LogP) is 7.34. The van der Waals surface area contributed by atoms with Gasteiger partial charge in [0.15, 0.2) is 12.5 Å². The van der Waals surface area contributed by atoms with Gasteiger partial charge in [0.2, 0.25) is 0 Å². The first-order chi connectivity index (χ1) is 15.9. The minimum absolute atomic E-state index is 0.163. The first kappa shape index (κ1) is 18.0. The lowest BCUT2D eigenvalue weighted by atomic mass is 10.2. The lowest BCUT2D eigenvalue weighted by Gasteiger charge is -2.31. The Hall–Kier alpha value is -3.60. The number of nitrogens with zero attached hydrogens (tertiary/aromatic N) is 2. The second-order valence-corrected chi connectivity index (χ2v) is 8.49. The monoisotopic (exact) mass is 418 g/mol. The highest BCUT2D eigenvalue weighted by molar-refractivity contribution is 6.08. The van der Waals surface area contributed by atoms with Crippen LogP contribution in [0.2, 0.25) is 0 Å². The van der Waals surface area contributed by atoms with Crippen molar-refractivity contribution in [3.63, 3.8) is 0 Å². The predicted molar refractivity (Wildman–Crippen MR) is 128 cm³/mol. The molecule has 156 valence electrons. The van der Waals surface area contributed by atoms with Crippen LogP contribution in [0.4, 0.5) is 0 Å². The van der Waals surface area contributed by atoms with Gasteiger partial charge in [-0.05, 0) is 24.3 Å². The van der Waals surface area contributed by atoms with Crippen molar-refractivity contribution >= 4 is 43.6 Å². The van der Waals surface area contributed by atoms with E-state index in [1.807, 2.05) is 0 Å². The molecule has 0 N–H and O–H groups in total. The van der Waals surface area contributed by atoms with Gasteiger partial charge in [-0.2, -0.15) is 0 Å². The fraction of sp³-hybridized carbons (Fsp3) is 0.143. The normalized spacial score (nSPS) is 19.4. The van der Waals surface area contributed by atoms with Gasteiger partial charge in [0.05, 0.1) is 22.1 Å². The van der Waals surface area contributed by atoms with Crippen LogP contribution in [0.15, 0.2) is 97.1 Å². The van der Waals surface area contributed by atoms with Crippen LogP contribution in [-0.2, 0) is 9.78 Å². The van der Waals surface area contributed by atoms with E-state index >= 15 is 0 Å². The molecule has 1 aliphatic heterocycles. The molecule has 2 unspecified atom stereocenters. The molecular formula is C28H22N2O2. The summed E-state index contributed by atoms with van der Waals surface area (Å²) in [5, 5.41) is 4.99. The fourth-order valence-electron chi connectivity index (χ4n) is 5.38. The highest BCUT2D eigenvalue weighted by Gasteiger charge is 2.29. The third-order valence-corrected chi connectivity index (χ3v) is 6.75. The summed E-state index contributed by atoms with van der Waals surface area (Å²) in [7, 11) is 0. The second-order valence-electron chi connectivity index (χ2n) is 8.49. The van der Waals surface area contributed by atoms with Crippen molar-refractivity contribution in [3.8, 4) is 0 Å². The molecule has 0 aliphatic carbocycles. The van der Waals surface area contributed by atoms with Crippen LogP contribution < -0.4 is 0 Å². The molecule has 1 aliphatic rings. The van der Waals surface area contributed by atoms with Gasteiger partial charge in [-0.1, -0.05) is 72.8 Å². The van der Waals surface area contributed by atoms with Crippen molar-refractivity contribution in [2.75, 3.05) is 0 Å². The van der Waals surface area contributed by atoms with E-state index in [1.165, 1.54) is 43.6 Å². The average Bonchev–Trinajstić information content (AvgIpc) is 3.38. The molecule has 3 heterocycles. The zero-order valence-corrected chi connectivity index (χ0v) is 17.5. The lowest BCUT2D eigenvalue weighted by molar-refractivity contribution is -0.406. The third-order valence-electron chi connectivity index (χ3n) is 6.75. The van der Waals surface area contributed by atoms with Gasteiger partial charge in [-0.15, -0.1) is 0 Å². The molecule has 4 aromatic carbocycles. The molecule has 1 fully saturated rings. The van der Waals surface area contributed by atoms with Crippen LogP contribution in [0, 0.1) is 0 Å². The van der Waals surface area contributed by atoms with Crippen LogP contribution in [0.5, 0.6) is 0 Å². The molecule has 4 nitrogen and oxygen atoms in total. The molecule has 0 radical (unpaired) electrons. The van der Waals surface area contributed by atoms with E-state index in [4.69, 9.17) is 9.78 Å². The second kappa shape index (κ2) is 6.95. The summed E-state index contributed by atoms with van der Waals surface area (Å²) in [6.45, 7) is 0. The van der Waals surface area contributed by atoms with E-state index in [-0.39, 0.29) is 12.5 Å². The van der Waals surface area contributed by atoms with Crippen LogP contribution >= 0.6 is 0 Å². The standard InChI is InChI=1S/C28H22N2O2/c1-5-13-23-19(9-1)20-10-2-6-14-24(20)29(23)27-17-18-28(32-31-27)30-25-15-7-3-11-21(25)22-12-4-8-16-26(22)30/h1-16,27-28H,17-18H2. The summed E-state index contributed by atoms with van der Waals surface area (Å²) >= 11 is 0. The molecule has 2 atom stereocenters. The number of aromatic nitrogens is 2. The van der Waals surface area contributed by atoms with Crippen molar-refractivity contribution in [2.45, 2.75) is 25.3 Å². The molecular weight excluding hydrogens is 396 g/mol. The molecule has 7 rings (SSSR count). The maximum Gasteiger partial charge on any atom is 0.169 e. The summed E-state index contributed by atoms with van der Waals surface area (Å²) in [5.74, 6) is 0.